The smallest absolute Gasteiger partial charge is 0.185 e. The van der Waals surface area contributed by atoms with Gasteiger partial charge in [-0.25, -0.2) is 4.68 Å². The van der Waals surface area contributed by atoms with Gasteiger partial charge in [0.25, 0.3) is 0 Å². The second kappa shape index (κ2) is 6.44. The molecule has 0 aliphatic heterocycles. The fourth-order valence-corrected chi connectivity index (χ4v) is 2.37. The average molecular weight is 355 g/mol. The number of tetrazole rings is 1. The first-order chi connectivity index (χ1) is 10.7. The Morgan fingerprint density at radius 2 is 2.00 bits per heavy atom. The van der Waals surface area contributed by atoms with Crippen molar-refractivity contribution in [3.8, 4) is 5.69 Å². The molecule has 0 saturated carbocycles. The Bertz CT molecular complexity index is 828. The predicted molar refractivity (Wildman–Crippen MR) is 86.7 cm³/mol. The Hall–Kier alpha value is -2.60. The number of hydrogen-bond donors (Lipinski definition) is 0. The predicted octanol–water partition coefficient (Wildman–Crippen LogP) is 3.32. The maximum absolute atomic E-state index is 12.3. The van der Waals surface area contributed by atoms with Gasteiger partial charge < -0.3 is 0 Å². The first-order valence-electron chi connectivity index (χ1n) is 6.54. The summed E-state index contributed by atoms with van der Waals surface area (Å²) in [5.41, 5.74) is 2.27. The Balaban J connectivity index is 1.84. The number of halogens is 1. The van der Waals surface area contributed by atoms with E-state index >= 15 is 0 Å². The summed E-state index contributed by atoms with van der Waals surface area (Å²) in [6.45, 7) is 0. The molecule has 0 bridgehead atoms. The van der Waals surface area contributed by atoms with Crippen molar-refractivity contribution in [2.75, 3.05) is 0 Å². The molecule has 5 nitrogen and oxygen atoms in total. The zero-order valence-corrected chi connectivity index (χ0v) is 13.0. The molecule has 0 spiro atoms. The van der Waals surface area contributed by atoms with Crippen LogP contribution in [0.3, 0.4) is 0 Å². The number of rotatable bonds is 4. The van der Waals surface area contributed by atoms with Gasteiger partial charge in [-0.15, -0.1) is 5.10 Å². The van der Waals surface area contributed by atoms with E-state index < -0.39 is 0 Å². The van der Waals surface area contributed by atoms with Crippen LogP contribution in [0.1, 0.15) is 15.9 Å². The van der Waals surface area contributed by atoms with Gasteiger partial charge in [0.2, 0.25) is 0 Å². The first kappa shape index (κ1) is 14.3. The highest BCUT2D eigenvalue weighted by atomic mass is 79.9. The van der Waals surface area contributed by atoms with E-state index in [0.717, 1.165) is 15.7 Å². The third-order valence-electron chi connectivity index (χ3n) is 3.06. The molecule has 1 aromatic heterocycles. The second-order valence-corrected chi connectivity index (χ2v) is 5.38. The van der Waals surface area contributed by atoms with Crippen molar-refractivity contribution in [1.29, 1.82) is 0 Å². The normalized spacial score (nSPS) is 11.0. The third kappa shape index (κ3) is 3.17. The molecule has 0 amide bonds. The van der Waals surface area contributed by atoms with Gasteiger partial charge in [-0.05, 0) is 46.3 Å². The van der Waals surface area contributed by atoms with E-state index in [0.29, 0.717) is 5.56 Å². The summed E-state index contributed by atoms with van der Waals surface area (Å²) in [7, 11) is 0. The molecule has 2 aromatic carbocycles. The van der Waals surface area contributed by atoms with E-state index in [4.69, 9.17) is 0 Å². The maximum Gasteiger partial charge on any atom is 0.185 e. The van der Waals surface area contributed by atoms with Gasteiger partial charge in [0, 0.05) is 10.0 Å². The van der Waals surface area contributed by atoms with Crippen LogP contribution in [0, 0.1) is 0 Å². The summed E-state index contributed by atoms with van der Waals surface area (Å²) >= 11 is 3.45. The molecule has 0 unspecified atom stereocenters. The van der Waals surface area contributed by atoms with Crippen molar-refractivity contribution >= 4 is 27.8 Å². The van der Waals surface area contributed by atoms with Crippen molar-refractivity contribution in [1.82, 2.24) is 20.2 Å². The Kier molecular flexibility index (Phi) is 4.20. The van der Waals surface area contributed by atoms with E-state index in [2.05, 4.69) is 31.5 Å². The van der Waals surface area contributed by atoms with Crippen LogP contribution in [0.5, 0.6) is 0 Å². The van der Waals surface area contributed by atoms with E-state index in [9.17, 15) is 4.79 Å². The van der Waals surface area contributed by atoms with Gasteiger partial charge in [-0.2, -0.15) is 0 Å². The number of carbonyl (C=O) groups excluding carboxylic acids is 1. The molecule has 3 aromatic rings. The first-order valence-corrected chi connectivity index (χ1v) is 7.34. The average Bonchev–Trinajstić information content (AvgIpc) is 3.08. The van der Waals surface area contributed by atoms with Crippen LogP contribution in [0.25, 0.3) is 11.8 Å². The zero-order chi connectivity index (χ0) is 15.4. The fraction of sp³-hybridized carbons (Fsp3) is 0. The summed E-state index contributed by atoms with van der Waals surface area (Å²) in [4.78, 5) is 12.3. The number of ketones is 1. The minimum absolute atomic E-state index is 0.0781. The number of benzene rings is 2. The highest BCUT2D eigenvalue weighted by molar-refractivity contribution is 9.10. The monoisotopic (exact) mass is 354 g/mol. The maximum atomic E-state index is 12.3. The van der Waals surface area contributed by atoms with Crippen LogP contribution in [-0.2, 0) is 0 Å². The molecular weight excluding hydrogens is 344 g/mol. The summed E-state index contributed by atoms with van der Waals surface area (Å²) < 4.78 is 2.45. The summed E-state index contributed by atoms with van der Waals surface area (Å²) in [5.74, 6) is -0.0781. The largest absolute Gasteiger partial charge is 0.289 e. The highest BCUT2D eigenvalue weighted by Crippen LogP contribution is 2.18. The number of aromatic nitrogens is 4. The molecule has 22 heavy (non-hydrogen) atoms. The number of hydrogen-bond acceptors (Lipinski definition) is 4. The minimum atomic E-state index is -0.0781. The van der Waals surface area contributed by atoms with Crippen LogP contribution in [0.2, 0.25) is 0 Å². The fourth-order valence-electron chi connectivity index (χ4n) is 1.95. The Morgan fingerprint density at radius 3 is 2.77 bits per heavy atom. The van der Waals surface area contributed by atoms with E-state index in [1.54, 1.807) is 30.4 Å². The van der Waals surface area contributed by atoms with Gasteiger partial charge in [0.05, 0.1) is 5.69 Å². The zero-order valence-electron chi connectivity index (χ0n) is 11.4. The quantitative estimate of drug-likeness (QED) is 0.532. The van der Waals surface area contributed by atoms with E-state index in [1.807, 2.05) is 30.3 Å². The standard InChI is InChI=1S/C16H11BrN4O/c17-15-7-2-1-4-12(15)8-9-16(22)13-5-3-6-14(10-13)21-11-18-19-20-21/h1-11H/b9-8+. The van der Waals surface area contributed by atoms with E-state index in [1.165, 1.54) is 11.0 Å². The third-order valence-corrected chi connectivity index (χ3v) is 3.79. The van der Waals surface area contributed by atoms with Crippen molar-refractivity contribution in [2.45, 2.75) is 0 Å². The van der Waals surface area contributed by atoms with Crippen LogP contribution in [-0.4, -0.2) is 26.0 Å². The molecule has 0 fully saturated rings. The number of allylic oxidation sites excluding steroid dienone is 1. The Morgan fingerprint density at radius 1 is 1.14 bits per heavy atom. The number of nitrogens with zero attached hydrogens (tertiary/aromatic N) is 4. The van der Waals surface area contributed by atoms with Crippen molar-refractivity contribution in [2.24, 2.45) is 0 Å². The lowest BCUT2D eigenvalue weighted by atomic mass is 10.1. The molecule has 0 radical (unpaired) electrons. The lowest BCUT2D eigenvalue weighted by Crippen LogP contribution is -1.99. The lowest BCUT2D eigenvalue weighted by molar-refractivity contribution is 0.104. The van der Waals surface area contributed by atoms with Gasteiger partial charge in [-0.3, -0.25) is 4.79 Å². The molecular formula is C16H11BrN4O. The molecule has 0 aliphatic rings. The summed E-state index contributed by atoms with van der Waals surface area (Å²) in [5, 5.41) is 11.0. The molecule has 6 heteroatoms. The molecule has 0 saturated heterocycles. The molecule has 108 valence electrons. The molecule has 3 rings (SSSR count). The van der Waals surface area contributed by atoms with Crippen LogP contribution < -0.4 is 0 Å². The topological polar surface area (TPSA) is 60.7 Å². The van der Waals surface area contributed by atoms with Crippen molar-refractivity contribution in [3.63, 3.8) is 0 Å². The van der Waals surface area contributed by atoms with Crippen LogP contribution >= 0.6 is 15.9 Å². The SMILES string of the molecule is O=C(/C=C/c1ccccc1Br)c1cccc(-n2cnnn2)c1. The van der Waals surface area contributed by atoms with Gasteiger partial charge >= 0.3 is 0 Å². The molecule has 1 heterocycles. The van der Waals surface area contributed by atoms with Gasteiger partial charge in [-0.1, -0.05) is 46.3 Å². The molecule has 0 aliphatic carbocycles. The highest BCUT2D eigenvalue weighted by Gasteiger charge is 2.05. The Labute approximate surface area is 135 Å². The minimum Gasteiger partial charge on any atom is -0.289 e. The van der Waals surface area contributed by atoms with Gasteiger partial charge in [0.1, 0.15) is 6.33 Å². The van der Waals surface area contributed by atoms with Crippen LogP contribution in [0.4, 0.5) is 0 Å². The summed E-state index contributed by atoms with van der Waals surface area (Å²) in [6, 6.07) is 14.9. The molecule has 0 atom stereocenters. The van der Waals surface area contributed by atoms with Crippen molar-refractivity contribution < 1.29 is 4.79 Å². The lowest BCUT2D eigenvalue weighted by Gasteiger charge is -2.02. The summed E-state index contributed by atoms with van der Waals surface area (Å²) in [6.07, 6.45) is 4.83. The van der Waals surface area contributed by atoms with Crippen molar-refractivity contribution in [3.05, 3.63) is 76.5 Å². The number of carbonyl (C=O) groups is 1. The van der Waals surface area contributed by atoms with Gasteiger partial charge in [0.15, 0.2) is 5.78 Å². The second-order valence-electron chi connectivity index (χ2n) is 4.52. The molecule has 0 N–H and O–H groups in total. The van der Waals surface area contributed by atoms with E-state index in [-0.39, 0.29) is 5.78 Å². The van der Waals surface area contributed by atoms with Crippen LogP contribution in [0.15, 0.2) is 65.4 Å².